The first kappa shape index (κ1) is 9.65. The molecule has 0 saturated heterocycles. The number of pyridine rings is 2. The first-order valence-electron chi connectivity index (χ1n) is 4.93. The topological polar surface area (TPSA) is 37.8 Å². The molecule has 2 heterocycles. The standard InChI is InChI=1S/C12H13N3/c1-10(11-4-7-13-8-5-11)15-12-3-2-6-14-9-12/h2-10,15H,1H3. The number of aromatic nitrogens is 2. The Morgan fingerprint density at radius 3 is 2.53 bits per heavy atom. The van der Waals surface area contributed by atoms with Gasteiger partial charge in [0.15, 0.2) is 0 Å². The average molecular weight is 199 g/mol. The Balaban J connectivity index is 2.08. The first-order valence-corrected chi connectivity index (χ1v) is 4.93. The molecule has 0 fully saturated rings. The fourth-order valence-corrected chi connectivity index (χ4v) is 1.43. The molecule has 15 heavy (non-hydrogen) atoms. The largest absolute Gasteiger partial charge is 0.377 e. The third-order valence-corrected chi connectivity index (χ3v) is 2.25. The summed E-state index contributed by atoms with van der Waals surface area (Å²) in [6, 6.07) is 8.20. The van der Waals surface area contributed by atoms with E-state index < -0.39 is 0 Å². The molecule has 2 aromatic rings. The van der Waals surface area contributed by atoms with E-state index in [1.807, 2.05) is 30.5 Å². The highest BCUT2D eigenvalue weighted by molar-refractivity contribution is 5.42. The van der Waals surface area contributed by atoms with E-state index in [0.29, 0.717) is 0 Å². The van der Waals surface area contributed by atoms with Crippen LogP contribution in [0.3, 0.4) is 0 Å². The zero-order valence-electron chi connectivity index (χ0n) is 8.59. The second-order valence-electron chi connectivity index (χ2n) is 3.39. The van der Waals surface area contributed by atoms with Gasteiger partial charge in [-0.1, -0.05) is 0 Å². The van der Waals surface area contributed by atoms with Gasteiger partial charge in [0.25, 0.3) is 0 Å². The van der Waals surface area contributed by atoms with Crippen LogP contribution in [0.2, 0.25) is 0 Å². The van der Waals surface area contributed by atoms with E-state index >= 15 is 0 Å². The molecule has 0 amide bonds. The minimum atomic E-state index is 0.261. The second kappa shape index (κ2) is 4.55. The van der Waals surface area contributed by atoms with Crippen molar-refractivity contribution in [2.75, 3.05) is 5.32 Å². The maximum Gasteiger partial charge on any atom is 0.0531 e. The van der Waals surface area contributed by atoms with Crippen LogP contribution in [0.1, 0.15) is 18.5 Å². The molecule has 2 rings (SSSR count). The summed E-state index contributed by atoms with van der Waals surface area (Å²) in [4.78, 5) is 8.05. The maximum absolute atomic E-state index is 4.06. The lowest BCUT2D eigenvalue weighted by Crippen LogP contribution is -2.06. The smallest absolute Gasteiger partial charge is 0.0531 e. The summed E-state index contributed by atoms with van der Waals surface area (Å²) in [6.07, 6.45) is 7.19. The lowest BCUT2D eigenvalue weighted by Gasteiger charge is -2.14. The molecule has 1 unspecified atom stereocenters. The van der Waals surface area contributed by atoms with Gasteiger partial charge in [-0.2, -0.15) is 0 Å². The van der Waals surface area contributed by atoms with Crippen molar-refractivity contribution in [3.05, 3.63) is 54.6 Å². The minimum Gasteiger partial charge on any atom is -0.377 e. The van der Waals surface area contributed by atoms with Gasteiger partial charge in [0, 0.05) is 30.8 Å². The number of anilines is 1. The Hall–Kier alpha value is -1.90. The van der Waals surface area contributed by atoms with Crippen molar-refractivity contribution in [2.45, 2.75) is 13.0 Å². The van der Waals surface area contributed by atoms with Crippen LogP contribution in [-0.2, 0) is 0 Å². The van der Waals surface area contributed by atoms with E-state index in [-0.39, 0.29) is 6.04 Å². The number of nitrogens with zero attached hydrogens (tertiary/aromatic N) is 2. The van der Waals surface area contributed by atoms with E-state index in [0.717, 1.165) is 5.69 Å². The van der Waals surface area contributed by atoms with Crippen molar-refractivity contribution in [1.82, 2.24) is 9.97 Å². The van der Waals surface area contributed by atoms with E-state index in [1.54, 1.807) is 18.6 Å². The van der Waals surface area contributed by atoms with E-state index in [2.05, 4.69) is 22.2 Å². The Kier molecular flexibility index (Phi) is 2.93. The van der Waals surface area contributed by atoms with Crippen LogP contribution in [-0.4, -0.2) is 9.97 Å². The molecule has 0 saturated carbocycles. The summed E-state index contributed by atoms with van der Waals surface area (Å²) < 4.78 is 0. The predicted octanol–water partition coefficient (Wildman–Crippen LogP) is 2.65. The molecule has 0 aliphatic heterocycles. The summed E-state index contributed by atoms with van der Waals surface area (Å²) in [7, 11) is 0. The van der Waals surface area contributed by atoms with Gasteiger partial charge < -0.3 is 5.32 Å². The van der Waals surface area contributed by atoms with Crippen molar-refractivity contribution in [1.29, 1.82) is 0 Å². The lowest BCUT2D eigenvalue weighted by atomic mass is 10.1. The second-order valence-corrected chi connectivity index (χ2v) is 3.39. The van der Waals surface area contributed by atoms with Gasteiger partial charge in [0.2, 0.25) is 0 Å². The quantitative estimate of drug-likeness (QED) is 0.825. The SMILES string of the molecule is CC(Nc1cccnc1)c1ccncc1. The predicted molar refractivity (Wildman–Crippen MR) is 60.5 cm³/mol. The fraction of sp³-hybridized carbons (Fsp3) is 0.167. The van der Waals surface area contributed by atoms with E-state index in [1.165, 1.54) is 5.56 Å². The summed E-state index contributed by atoms with van der Waals surface area (Å²) in [5.41, 5.74) is 2.25. The molecule has 0 radical (unpaired) electrons. The number of hydrogen-bond acceptors (Lipinski definition) is 3. The third kappa shape index (κ3) is 2.53. The van der Waals surface area contributed by atoms with Crippen LogP contribution in [0.4, 0.5) is 5.69 Å². The van der Waals surface area contributed by atoms with Crippen LogP contribution in [0.25, 0.3) is 0 Å². The van der Waals surface area contributed by atoms with Gasteiger partial charge in [0.1, 0.15) is 0 Å². The Morgan fingerprint density at radius 2 is 1.87 bits per heavy atom. The summed E-state index contributed by atoms with van der Waals surface area (Å²) in [5, 5.41) is 3.37. The van der Waals surface area contributed by atoms with Crippen LogP contribution >= 0.6 is 0 Å². The highest BCUT2D eigenvalue weighted by atomic mass is 14.9. The molecular formula is C12H13N3. The summed E-state index contributed by atoms with van der Waals surface area (Å²) in [5.74, 6) is 0. The molecule has 0 spiro atoms. The molecule has 76 valence electrons. The van der Waals surface area contributed by atoms with Gasteiger partial charge >= 0.3 is 0 Å². The van der Waals surface area contributed by atoms with Crippen molar-refractivity contribution >= 4 is 5.69 Å². The molecule has 0 aliphatic rings. The molecule has 0 aromatic carbocycles. The van der Waals surface area contributed by atoms with Crippen molar-refractivity contribution < 1.29 is 0 Å². The molecule has 0 bridgehead atoms. The molecular weight excluding hydrogens is 186 g/mol. The zero-order chi connectivity index (χ0) is 10.5. The van der Waals surface area contributed by atoms with Crippen molar-refractivity contribution in [2.24, 2.45) is 0 Å². The van der Waals surface area contributed by atoms with Crippen molar-refractivity contribution in [3.63, 3.8) is 0 Å². The van der Waals surface area contributed by atoms with Gasteiger partial charge in [-0.15, -0.1) is 0 Å². The lowest BCUT2D eigenvalue weighted by molar-refractivity contribution is 0.879. The Morgan fingerprint density at radius 1 is 1.07 bits per heavy atom. The molecule has 2 aromatic heterocycles. The monoisotopic (exact) mass is 199 g/mol. The highest BCUT2D eigenvalue weighted by Crippen LogP contribution is 2.16. The van der Waals surface area contributed by atoms with Gasteiger partial charge in [-0.3, -0.25) is 9.97 Å². The van der Waals surface area contributed by atoms with Crippen LogP contribution in [0.15, 0.2) is 49.1 Å². The van der Waals surface area contributed by atoms with Gasteiger partial charge in [-0.05, 0) is 36.8 Å². The molecule has 3 nitrogen and oxygen atoms in total. The Labute approximate surface area is 89.2 Å². The number of hydrogen-bond donors (Lipinski definition) is 1. The van der Waals surface area contributed by atoms with Crippen molar-refractivity contribution in [3.8, 4) is 0 Å². The van der Waals surface area contributed by atoms with E-state index in [4.69, 9.17) is 0 Å². The van der Waals surface area contributed by atoms with Crippen LogP contribution in [0.5, 0.6) is 0 Å². The van der Waals surface area contributed by atoms with Crippen LogP contribution < -0.4 is 5.32 Å². The normalized spacial score (nSPS) is 12.1. The number of nitrogens with one attached hydrogen (secondary N) is 1. The van der Waals surface area contributed by atoms with Gasteiger partial charge in [0.05, 0.1) is 5.69 Å². The summed E-state index contributed by atoms with van der Waals surface area (Å²) >= 11 is 0. The fourth-order valence-electron chi connectivity index (χ4n) is 1.43. The zero-order valence-corrected chi connectivity index (χ0v) is 8.59. The Bertz CT molecular complexity index is 400. The molecule has 0 aliphatic carbocycles. The first-order chi connectivity index (χ1) is 7.36. The minimum absolute atomic E-state index is 0.261. The molecule has 1 N–H and O–H groups in total. The molecule has 1 atom stereocenters. The highest BCUT2D eigenvalue weighted by Gasteiger charge is 2.03. The number of rotatable bonds is 3. The summed E-state index contributed by atoms with van der Waals surface area (Å²) in [6.45, 7) is 2.11. The molecule has 3 heteroatoms. The van der Waals surface area contributed by atoms with Gasteiger partial charge in [-0.25, -0.2) is 0 Å². The van der Waals surface area contributed by atoms with Crippen LogP contribution in [0, 0.1) is 0 Å². The third-order valence-electron chi connectivity index (χ3n) is 2.25. The average Bonchev–Trinajstić information content (AvgIpc) is 2.31. The van der Waals surface area contributed by atoms with E-state index in [9.17, 15) is 0 Å². The maximum atomic E-state index is 4.06.